The van der Waals surface area contributed by atoms with Gasteiger partial charge in [0, 0.05) is 0 Å². The molecule has 3 aromatic rings. The summed E-state index contributed by atoms with van der Waals surface area (Å²) in [5.74, 6) is 0.155. The molecule has 0 spiro atoms. The number of methoxy groups -OCH3 is 1. The summed E-state index contributed by atoms with van der Waals surface area (Å²) in [5.41, 5.74) is 1.81. The summed E-state index contributed by atoms with van der Waals surface area (Å²) >= 11 is 0. The maximum Gasteiger partial charge on any atom is 0.338 e. The molecule has 0 radical (unpaired) electrons. The zero-order valence-electron chi connectivity index (χ0n) is 14.4. The molecule has 0 aliphatic carbocycles. The van der Waals surface area contributed by atoms with Gasteiger partial charge in [0.2, 0.25) is 0 Å². The van der Waals surface area contributed by atoms with Gasteiger partial charge in [-0.3, -0.25) is 0 Å². The minimum atomic E-state index is -0.971. The van der Waals surface area contributed by atoms with Crippen LogP contribution in [0.5, 0.6) is 5.75 Å². The number of carbonyl (C=O) groups is 1. The van der Waals surface area contributed by atoms with Crippen LogP contribution in [0.25, 0.3) is 0 Å². The lowest BCUT2D eigenvalue weighted by Crippen LogP contribution is -2.18. The summed E-state index contributed by atoms with van der Waals surface area (Å²) in [6, 6.07) is 25.1. The van der Waals surface area contributed by atoms with Crippen LogP contribution < -0.4 is 4.74 Å². The first-order valence-electron chi connectivity index (χ1n) is 8.32. The van der Waals surface area contributed by atoms with Gasteiger partial charge in [-0.2, -0.15) is 0 Å². The number of carbonyl (C=O) groups excluding carboxylic acids is 1. The van der Waals surface area contributed by atoms with E-state index in [1.807, 2.05) is 60.7 Å². The number of hydrogen-bond donors (Lipinski definition) is 1. The lowest BCUT2D eigenvalue weighted by Gasteiger charge is -2.24. The highest BCUT2D eigenvalue weighted by molar-refractivity contribution is 5.89. The van der Waals surface area contributed by atoms with Crippen LogP contribution >= 0.6 is 0 Å². The van der Waals surface area contributed by atoms with Crippen LogP contribution in [0, 0.1) is 0 Å². The van der Waals surface area contributed by atoms with Crippen molar-refractivity contribution < 1.29 is 19.4 Å². The number of rotatable bonds is 6. The van der Waals surface area contributed by atoms with Gasteiger partial charge in [0.1, 0.15) is 11.9 Å². The third kappa shape index (κ3) is 4.10. The van der Waals surface area contributed by atoms with Crippen LogP contribution in [0.3, 0.4) is 0 Å². The van der Waals surface area contributed by atoms with E-state index in [1.54, 1.807) is 31.4 Å². The maximum absolute atomic E-state index is 12.6. The van der Waals surface area contributed by atoms with Crippen molar-refractivity contribution in [2.45, 2.75) is 12.2 Å². The highest BCUT2D eigenvalue weighted by Crippen LogP contribution is 2.32. The largest absolute Gasteiger partial charge is 0.497 e. The quantitative estimate of drug-likeness (QED) is 0.674. The lowest BCUT2D eigenvalue weighted by atomic mass is 9.98. The number of esters is 1. The molecule has 0 aromatic heterocycles. The third-order valence-corrected chi connectivity index (χ3v) is 4.12. The molecule has 1 N–H and O–H groups in total. The molecule has 0 amide bonds. The van der Waals surface area contributed by atoms with Crippen LogP contribution in [-0.2, 0) is 4.74 Å². The van der Waals surface area contributed by atoms with Gasteiger partial charge in [0.15, 0.2) is 6.10 Å². The minimum absolute atomic E-state index is 0.395. The van der Waals surface area contributed by atoms with Crippen LogP contribution in [0.2, 0.25) is 0 Å². The zero-order valence-corrected chi connectivity index (χ0v) is 14.4. The Morgan fingerprint density at radius 3 is 1.88 bits per heavy atom. The summed E-state index contributed by atoms with van der Waals surface area (Å²) in [6.07, 6.45) is -1.78. The molecule has 0 bridgehead atoms. The van der Waals surface area contributed by atoms with E-state index in [-0.39, 0.29) is 0 Å². The van der Waals surface area contributed by atoms with Gasteiger partial charge in [0.25, 0.3) is 0 Å². The van der Waals surface area contributed by atoms with Crippen LogP contribution in [0.15, 0.2) is 84.9 Å². The fourth-order valence-corrected chi connectivity index (χ4v) is 2.69. The third-order valence-electron chi connectivity index (χ3n) is 4.12. The summed E-state index contributed by atoms with van der Waals surface area (Å²) < 4.78 is 10.8. The van der Waals surface area contributed by atoms with E-state index in [0.29, 0.717) is 16.9 Å². The smallest absolute Gasteiger partial charge is 0.338 e. The average molecular weight is 348 g/mol. The van der Waals surface area contributed by atoms with E-state index in [0.717, 1.165) is 5.56 Å². The van der Waals surface area contributed by atoms with Crippen LogP contribution in [-0.4, -0.2) is 18.2 Å². The zero-order chi connectivity index (χ0) is 18.4. The first-order valence-corrected chi connectivity index (χ1v) is 8.32. The summed E-state index contributed by atoms with van der Waals surface area (Å²) in [7, 11) is 1.56. The molecule has 2 atom stereocenters. The summed E-state index contributed by atoms with van der Waals surface area (Å²) in [4.78, 5) is 12.6. The Bertz CT molecular complexity index is 829. The average Bonchev–Trinajstić information content (AvgIpc) is 2.72. The lowest BCUT2D eigenvalue weighted by molar-refractivity contribution is -0.0209. The van der Waals surface area contributed by atoms with E-state index >= 15 is 0 Å². The first kappa shape index (κ1) is 17.7. The molecule has 0 heterocycles. The maximum atomic E-state index is 12.6. The van der Waals surface area contributed by atoms with Crippen molar-refractivity contribution in [3.05, 3.63) is 102 Å². The second-order valence-electron chi connectivity index (χ2n) is 5.82. The monoisotopic (exact) mass is 348 g/mol. The molecule has 0 unspecified atom stereocenters. The van der Waals surface area contributed by atoms with Gasteiger partial charge < -0.3 is 14.6 Å². The summed E-state index contributed by atoms with van der Waals surface area (Å²) in [5, 5.41) is 10.8. The second-order valence-corrected chi connectivity index (χ2v) is 5.82. The second kappa shape index (κ2) is 8.32. The highest BCUT2D eigenvalue weighted by Gasteiger charge is 2.27. The molecular weight excluding hydrogens is 328 g/mol. The topological polar surface area (TPSA) is 55.8 Å². The first-order chi connectivity index (χ1) is 12.7. The van der Waals surface area contributed by atoms with E-state index in [4.69, 9.17) is 9.47 Å². The number of hydrogen-bond acceptors (Lipinski definition) is 4. The van der Waals surface area contributed by atoms with Gasteiger partial charge in [0.05, 0.1) is 12.7 Å². The Kier molecular flexibility index (Phi) is 5.66. The predicted octanol–water partition coefficient (Wildman–Crippen LogP) is 4.33. The van der Waals surface area contributed by atoms with Crippen molar-refractivity contribution in [3.8, 4) is 5.75 Å². The molecule has 0 aliphatic rings. The van der Waals surface area contributed by atoms with Gasteiger partial charge in [-0.25, -0.2) is 4.79 Å². The fraction of sp³-hybridized carbons (Fsp3) is 0.136. The number of ether oxygens (including phenoxy) is 2. The molecule has 0 aliphatic heterocycles. The minimum Gasteiger partial charge on any atom is -0.497 e. The van der Waals surface area contributed by atoms with Crippen LogP contribution in [0.1, 0.15) is 33.7 Å². The Hall–Kier alpha value is -3.11. The highest BCUT2D eigenvalue weighted by atomic mass is 16.6. The van der Waals surface area contributed by atoms with Crippen molar-refractivity contribution in [1.29, 1.82) is 0 Å². The Morgan fingerprint density at radius 2 is 1.35 bits per heavy atom. The Balaban J connectivity index is 1.87. The predicted molar refractivity (Wildman–Crippen MR) is 99.0 cm³/mol. The van der Waals surface area contributed by atoms with E-state index in [1.165, 1.54) is 0 Å². The van der Waals surface area contributed by atoms with Gasteiger partial charge in [-0.1, -0.05) is 60.7 Å². The number of benzene rings is 3. The Morgan fingerprint density at radius 1 is 0.808 bits per heavy atom. The van der Waals surface area contributed by atoms with Gasteiger partial charge in [-0.05, 0) is 35.4 Å². The molecule has 0 saturated heterocycles. The number of aliphatic hydroxyl groups is 1. The molecule has 0 saturated carbocycles. The van der Waals surface area contributed by atoms with Crippen molar-refractivity contribution in [2.75, 3.05) is 7.11 Å². The van der Waals surface area contributed by atoms with E-state index in [2.05, 4.69) is 0 Å². The van der Waals surface area contributed by atoms with Crippen LogP contribution in [0.4, 0.5) is 0 Å². The normalized spacial score (nSPS) is 12.8. The standard InChI is InChI=1S/C22H20O4/c1-25-19-14-12-18(13-15-19)22(24)26-21(17-10-6-3-7-11-17)20(23)16-8-4-2-5-9-16/h2-15,20-21,23H,1H3/t20-,21+/m1/s1. The van der Waals surface area contributed by atoms with Gasteiger partial charge in [-0.15, -0.1) is 0 Å². The van der Waals surface area contributed by atoms with E-state index < -0.39 is 18.2 Å². The fourth-order valence-electron chi connectivity index (χ4n) is 2.69. The molecule has 4 nitrogen and oxygen atoms in total. The molecule has 4 heteroatoms. The van der Waals surface area contributed by atoms with Gasteiger partial charge >= 0.3 is 5.97 Å². The van der Waals surface area contributed by atoms with Crippen molar-refractivity contribution >= 4 is 5.97 Å². The molecule has 26 heavy (non-hydrogen) atoms. The van der Waals surface area contributed by atoms with Crippen molar-refractivity contribution in [2.24, 2.45) is 0 Å². The number of aliphatic hydroxyl groups excluding tert-OH is 1. The van der Waals surface area contributed by atoms with Crippen molar-refractivity contribution in [1.82, 2.24) is 0 Å². The van der Waals surface area contributed by atoms with E-state index in [9.17, 15) is 9.90 Å². The SMILES string of the molecule is COc1ccc(C(=O)O[C@@H](c2ccccc2)[C@H](O)c2ccccc2)cc1. The summed E-state index contributed by atoms with van der Waals surface area (Å²) in [6.45, 7) is 0. The molecular formula is C22H20O4. The van der Waals surface area contributed by atoms with Crippen molar-refractivity contribution in [3.63, 3.8) is 0 Å². The molecule has 132 valence electrons. The Labute approximate surface area is 152 Å². The molecule has 0 fully saturated rings. The molecule has 3 rings (SSSR count). The molecule has 3 aromatic carbocycles.